The standard InChI is InChI=1S/C15H16N4/c1-10(13-5-3-4-8-17-13)19-11(2)18-14-9-12(16)6-7-15(14)19/h3-10H,16H2,1-2H3. The van der Waals surface area contributed by atoms with Crippen molar-refractivity contribution >= 4 is 16.7 Å². The van der Waals surface area contributed by atoms with Crippen LogP contribution in [0.4, 0.5) is 5.69 Å². The highest BCUT2D eigenvalue weighted by atomic mass is 15.1. The summed E-state index contributed by atoms with van der Waals surface area (Å²) < 4.78 is 2.19. The lowest BCUT2D eigenvalue weighted by atomic mass is 10.2. The fraction of sp³-hybridized carbons (Fsp3) is 0.200. The van der Waals surface area contributed by atoms with Crippen LogP contribution in [0.2, 0.25) is 0 Å². The van der Waals surface area contributed by atoms with Gasteiger partial charge >= 0.3 is 0 Å². The summed E-state index contributed by atoms with van der Waals surface area (Å²) in [6.07, 6.45) is 1.82. The molecule has 1 aromatic carbocycles. The molecule has 0 bridgehead atoms. The summed E-state index contributed by atoms with van der Waals surface area (Å²) in [6, 6.07) is 11.9. The second kappa shape index (κ2) is 4.39. The minimum atomic E-state index is 0.148. The highest BCUT2D eigenvalue weighted by Crippen LogP contribution is 2.25. The molecule has 1 atom stereocenters. The third kappa shape index (κ3) is 1.95. The van der Waals surface area contributed by atoms with Crippen molar-refractivity contribution in [3.63, 3.8) is 0 Å². The molecule has 2 heterocycles. The van der Waals surface area contributed by atoms with Crippen molar-refractivity contribution in [3.8, 4) is 0 Å². The first kappa shape index (κ1) is 11.7. The molecular weight excluding hydrogens is 236 g/mol. The second-order valence-corrected chi connectivity index (χ2v) is 4.71. The van der Waals surface area contributed by atoms with Crippen LogP contribution in [0.5, 0.6) is 0 Å². The quantitative estimate of drug-likeness (QED) is 0.713. The van der Waals surface area contributed by atoms with Crippen molar-refractivity contribution in [2.75, 3.05) is 5.73 Å². The van der Waals surface area contributed by atoms with Gasteiger partial charge in [0.2, 0.25) is 0 Å². The minimum Gasteiger partial charge on any atom is -0.399 e. The van der Waals surface area contributed by atoms with Crippen LogP contribution in [0.15, 0.2) is 42.6 Å². The van der Waals surface area contributed by atoms with Crippen LogP contribution in [0.25, 0.3) is 11.0 Å². The van der Waals surface area contributed by atoms with E-state index in [9.17, 15) is 0 Å². The molecule has 0 spiro atoms. The van der Waals surface area contributed by atoms with E-state index in [1.54, 1.807) is 0 Å². The molecule has 0 saturated heterocycles. The Morgan fingerprint density at radius 1 is 1.21 bits per heavy atom. The van der Waals surface area contributed by atoms with Gasteiger partial charge in [0.1, 0.15) is 5.82 Å². The number of hydrogen-bond donors (Lipinski definition) is 1. The van der Waals surface area contributed by atoms with E-state index in [-0.39, 0.29) is 6.04 Å². The largest absolute Gasteiger partial charge is 0.399 e. The molecule has 4 heteroatoms. The Hall–Kier alpha value is -2.36. The summed E-state index contributed by atoms with van der Waals surface area (Å²) in [4.78, 5) is 9.00. The van der Waals surface area contributed by atoms with Crippen LogP contribution in [0.3, 0.4) is 0 Å². The van der Waals surface area contributed by atoms with E-state index in [0.29, 0.717) is 0 Å². The molecule has 0 saturated carbocycles. The number of imidazole rings is 1. The number of anilines is 1. The fourth-order valence-corrected chi connectivity index (χ4v) is 2.48. The van der Waals surface area contributed by atoms with E-state index in [1.165, 1.54) is 0 Å². The predicted molar refractivity (Wildman–Crippen MR) is 76.9 cm³/mol. The van der Waals surface area contributed by atoms with Gasteiger partial charge in [-0.1, -0.05) is 6.07 Å². The smallest absolute Gasteiger partial charge is 0.107 e. The highest BCUT2D eigenvalue weighted by molar-refractivity contribution is 5.79. The Balaban J connectivity index is 2.17. The topological polar surface area (TPSA) is 56.7 Å². The fourth-order valence-electron chi connectivity index (χ4n) is 2.48. The summed E-state index contributed by atoms with van der Waals surface area (Å²) in [6.45, 7) is 4.14. The zero-order chi connectivity index (χ0) is 13.4. The molecule has 4 nitrogen and oxygen atoms in total. The van der Waals surface area contributed by atoms with Crippen molar-refractivity contribution in [3.05, 3.63) is 54.1 Å². The molecule has 2 aromatic heterocycles. The third-order valence-corrected chi connectivity index (χ3v) is 3.39. The van der Waals surface area contributed by atoms with E-state index in [2.05, 4.69) is 21.5 Å². The molecule has 96 valence electrons. The Bertz CT molecular complexity index is 716. The van der Waals surface area contributed by atoms with Crippen molar-refractivity contribution in [1.82, 2.24) is 14.5 Å². The number of nitrogen functional groups attached to an aromatic ring is 1. The molecule has 2 N–H and O–H groups in total. The number of aryl methyl sites for hydroxylation is 1. The lowest BCUT2D eigenvalue weighted by Gasteiger charge is -2.15. The van der Waals surface area contributed by atoms with Crippen LogP contribution in [-0.4, -0.2) is 14.5 Å². The molecule has 0 aliphatic rings. The molecule has 0 aliphatic heterocycles. The Labute approximate surface area is 111 Å². The van der Waals surface area contributed by atoms with E-state index in [0.717, 1.165) is 28.2 Å². The van der Waals surface area contributed by atoms with Crippen molar-refractivity contribution in [1.29, 1.82) is 0 Å². The van der Waals surface area contributed by atoms with Crippen LogP contribution < -0.4 is 5.73 Å². The number of rotatable bonds is 2. The summed E-state index contributed by atoms with van der Waals surface area (Å²) in [5, 5.41) is 0. The maximum absolute atomic E-state index is 5.81. The molecular formula is C15H16N4. The minimum absolute atomic E-state index is 0.148. The molecule has 0 radical (unpaired) electrons. The number of fused-ring (bicyclic) bond motifs is 1. The van der Waals surface area contributed by atoms with E-state index >= 15 is 0 Å². The number of hydrogen-bond acceptors (Lipinski definition) is 3. The number of benzene rings is 1. The first-order valence-corrected chi connectivity index (χ1v) is 6.32. The number of aromatic nitrogens is 3. The zero-order valence-corrected chi connectivity index (χ0v) is 11.0. The van der Waals surface area contributed by atoms with Crippen LogP contribution >= 0.6 is 0 Å². The SMILES string of the molecule is Cc1nc2cc(N)ccc2n1C(C)c1ccccn1. The maximum atomic E-state index is 5.81. The normalized spacial score (nSPS) is 12.7. The first-order valence-electron chi connectivity index (χ1n) is 6.32. The van der Waals surface area contributed by atoms with Crippen LogP contribution in [0.1, 0.15) is 24.5 Å². The van der Waals surface area contributed by atoms with Gasteiger partial charge in [-0.3, -0.25) is 4.98 Å². The Morgan fingerprint density at radius 3 is 2.79 bits per heavy atom. The lowest BCUT2D eigenvalue weighted by Crippen LogP contribution is -2.09. The molecule has 3 aromatic rings. The molecule has 0 aliphatic carbocycles. The highest BCUT2D eigenvalue weighted by Gasteiger charge is 2.15. The lowest BCUT2D eigenvalue weighted by molar-refractivity contribution is 0.620. The predicted octanol–water partition coefficient (Wildman–Crippen LogP) is 2.93. The average molecular weight is 252 g/mol. The summed E-state index contributed by atoms with van der Waals surface area (Å²) in [5.41, 5.74) is 9.60. The van der Waals surface area contributed by atoms with Gasteiger partial charge in [-0.2, -0.15) is 0 Å². The van der Waals surface area contributed by atoms with Gasteiger partial charge in [0.25, 0.3) is 0 Å². The molecule has 0 amide bonds. The van der Waals surface area contributed by atoms with Crippen LogP contribution in [-0.2, 0) is 0 Å². The summed E-state index contributed by atoms with van der Waals surface area (Å²) >= 11 is 0. The van der Waals surface area contributed by atoms with Crippen LogP contribution in [0, 0.1) is 6.92 Å². The van der Waals surface area contributed by atoms with Gasteiger partial charge in [-0.05, 0) is 44.2 Å². The second-order valence-electron chi connectivity index (χ2n) is 4.71. The maximum Gasteiger partial charge on any atom is 0.107 e. The van der Waals surface area contributed by atoms with Gasteiger partial charge in [-0.25, -0.2) is 4.98 Å². The number of nitrogens with zero attached hydrogens (tertiary/aromatic N) is 3. The van der Waals surface area contributed by atoms with Gasteiger partial charge in [0.15, 0.2) is 0 Å². The summed E-state index contributed by atoms with van der Waals surface area (Å²) in [7, 11) is 0. The van der Waals surface area contributed by atoms with Crippen molar-refractivity contribution < 1.29 is 0 Å². The van der Waals surface area contributed by atoms with E-state index < -0.39 is 0 Å². The Kier molecular flexibility index (Phi) is 2.71. The van der Waals surface area contributed by atoms with Crippen molar-refractivity contribution in [2.45, 2.75) is 19.9 Å². The summed E-state index contributed by atoms with van der Waals surface area (Å²) in [5.74, 6) is 0.971. The molecule has 3 rings (SSSR count). The monoisotopic (exact) mass is 252 g/mol. The van der Waals surface area contributed by atoms with Gasteiger partial charge < -0.3 is 10.3 Å². The van der Waals surface area contributed by atoms with Gasteiger partial charge in [0, 0.05) is 11.9 Å². The first-order chi connectivity index (χ1) is 9.16. The van der Waals surface area contributed by atoms with Gasteiger partial charge in [-0.15, -0.1) is 0 Å². The molecule has 19 heavy (non-hydrogen) atoms. The number of nitrogens with two attached hydrogens (primary N) is 1. The average Bonchev–Trinajstić information content (AvgIpc) is 2.74. The van der Waals surface area contributed by atoms with Crippen molar-refractivity contribution in [2.24, 2.45) is 0 Å². The molecule has 0 fully saturated rings. The van der Waals surface area contributed by atoms with Gasteiger partial charge in [0.05, 0.1) is 22.8 Å². The Morgan fingerprint density at radius 2 is 2.05 bits per heavy atom. The molecule has 1 unspecified atom stereocenters. The third-order valence-electron chi connectivity index (χ3n) is 3.39. The van der Waals surface area contributed by atoms with E-state index in [1.807, 2.05) is 49.5 Å². The number of pyridine rings is 1. The van der Waals surface area contributed by atoms with E-state index in [4.69, 9.17) is 5.73 Å². The zero-order valence-electron chi connectivity index (χ0n) is 11.0.